The van der Waals surface area contributed by atoms with E-state index in [1.807, 2.05) is 18.2 Å². The predicted molar refractivity (Wildman–Crippen MR) is 82.8 cm³/mol. The van der Waals surface area contributed by atoms with Crippen LogP contribution in [0.2, 0.25) is 0 Å². The molecule has 0 bridgehead atoms. The minimum Gasteiger partial charge on any atom is -0.397 e. The van der Waals surface area contributed by atoms with E-state index in [-0.39, 0.29) is 0 Å². The quantitative estimate of drug-likeness (QED) is 0.683. The Kier molecular flexibility index (Phi) is 2.98. The molecule has 3 nitrogen and oxygen atoms in total. The minimum absolute atomic E-state index is 0.586. The molecular weight excluding hydrogens is 246 g/mol. The van der Waals surface area contributed by atoms with Gasteiger partial charge in [-0.1, -0.05) is 30.3 Å². The molecule has 0 aliphatic rings. The summed E-state index contributed by atoms with van der Waals surface area (Å²) in [4.78, 5) is 0. The minimum atomic E-state index is 0.586. The zero-order valence-corrected chi connectivity index (χ0v) is 10.8. The van der Waals surface area contributed by atoms with Crippen molar-refractivity contribution in [2.45, 2.75) is 0 Å². The Morgan fingerprint density at radius 3 is 2.50 bits per heavy atom. The molecule has 3 rings (SSSR count). The van der Waals surface area contributed by atoms with Crippen molar-refractivity contribution in [1.29, 1.82) is 5.26 Å². The van der Waals surface area contributed by atoms with Crippen molar-refractivity contribution in [2.24, 2.45) is 0 Å². The lowest BCUT2D eigenvalue weighted by Crippen LogP contribution is -1.96. The van der Waals surface area contributed by atoms with Gasteiger partial charge in [0.2, 0.25) is 0 Å². The maximum absolute atomic E-state index is 8.94. The van der Waals surface area contributed by atoms with Crippen LogP contribution in [-0.2, 0) is 0 Å². The van der Waals surface area contributed by atoms with Gasteiger partial charge in [0.15, 0.2) is 0 Å². The lowest BCUT2D eigenvalue weighted by atomic mass is 10.1. The third-order valence-corrected chi connectivity index (χ3v) is 3.21. The van der Waals surface area contributed by atoms with Gasteiger partial charge in [0, 0.05) is 5.69 Å². The largest absolute Gasteiger partial charge is 0.397 e. The van der Waals surface area contributed by atoms with Gasteiger partial charge in [-0.25, -0.2) is 0 Å². The normalized spacial score (nSPS) is 10.2. The van der Waals surface area contributed by atoms with Crippen LogP contribution < -0.4 is 11.1 Å². The number of nitrogens with zero attached hydrogens (tertiary/aromatic N) is 1. The standard InChI is InChI=1S/C17H13N3/c18-11-12-5-8-16(19)17(9-12)20-15-7-6-13-3-1-2-4-14(13)10-15/h1-10,20H,19H2. The van der Waals surface area contributed by atoms with Gasteiger partial charge in [0.25, 0.3) is 0 Å². The van der Waals surface area contributed by atoms with Gasteiger partial charge < -0.3 is 11.1 Å². The van der Waals surface area contributed by atoms with Gasteiger partial charge >= 0.3 is 0 Å². The number of nitriles is 1. The highest BCUT2D eigenvalue weighted by Crippen LogP contribution is 2.26. The Hall–Kier alpha value is -2.99. The molecule has 3 heteroatoms. The number of anilines is 3. The number of nitrogens with one attached hydrogen (secondary N) is 1. The molecule has 0 saturated carbocycles. The fourth-order valence-electron chi connectivity index (χ4n) is 2.16. The Morgan fingerprint density at radius 1 is 0.900 bits per heavy atom. The number of nitrogen functional groups attached to an aromatic ring is 1. The highest BCUT2D eigenvalue weighted by atomic mass is 14.9. The van der Waals surface area contributed by atoms with Crippen molar-refractivity contribution in [3.05, 3.63) is 66.2 Å². The summed E-state index contributed by atoms with van der Waals surface area (Å²) in [6, 6.07) is 21.6. The van der Waals surface area contributed by atoms with E-state index in [1.54, 1.807) is 18.2 Å². The molecule has 0 radical (unpaired) electrons. The fourth-order valence-corrected chi connectivity index (χ4v) is 2.16. The summed E-state index contributed by atoms with van der Waals surface area (Å²) in [5.74, 6) is 0. The SMILES string of the molecule is N#Cc1ccc(N)c(Nc2ccc3ccccc3c2)c1. The van der Waals surface area contributed by atoms with Crippen molar-refractivity contribution in [3.63, 3.8) is 0 Å². The molecule has 0 aliphatic heterocycles. The Labute approximate surface area is 117 Å². The van der Waals surface area contributed by atoms with Crippen LogP contribution in [0.5, 0.6) is 0 Å². The molecule has 0 saturated heterocycles. The maximum atomic E-state index is 8.94. The fraction of sp³-hybridized carbons (Fsp3) is 0. The first-order valence-electron chi connectivity index (χ1n) is 6.32. The zero-order valence-electron chi connectivity index (χ0n) is 10.8. The number of hydrogen-bond donors (Lipinski definition) is 2. The second kappa shape index (κ2) is 4.94. The summed E-state index contributed by atoms with van der Waals surface area (Å²) in [6.07, 6.45) is 0. The number of hydrogen-bond acceptors (Lipinski definition) is 3. The average molecular weight is 259 g/mol. The zero-order chi connectivity index (χ0) is 13.9. The van der Waals surface area contributed by atoms with E-state index in [0.29, 0.717) is 11.3 Å². The lowest BCUT2D eigenvalue weighted by Gasteiger charge is -2.10. The van der Waals surface area contributed by atoms with Crippen LogP contribution in [-0.4, -0.2) is 0 Å². The third kappa shape index (κ3) is 2.27. The molecule has 3 aromatic carbocycles. The van der Waals surface area contributed by atoms with E-state index in [0.717, 1.165) is 16.8 Å². The molecule has 3 N–H and O–H groups in total. The molecule has 0 aromatic heterocycles. The van der Waals surface area contributed by atoms with Gasteiger partial charge in [-0.3, -0.25) is 0 Å². The first-order valence-corrected chi connectivity index (χ1v) is 6.32. The topological polar surface area (TPSA) is 61.8 Å². The van der Waals surface area contributed by atoms with Gasteiger partial charge in [-0.2, -0.15) is 5.26 Å². The summed E-state index contributed by atoms with van der Waals surface area (Å²) >= 11 is 0. The Morgan fingerprint density at radius 2 is 1.70 bits per heavy atom. The Bertz CT molecular complexity index is 816. The molecule has 0 heterocycles. The van der Waals surface area contributed by atoms with Gasteiger partial charge in [-0.15, -0.1) is 0 Å². The first-order chi connectivity index (χ1) is 9.76. The first kappa shape index (κ1) is 12.1. The van der Waals surface area contributed by atoms with Crippen molar-refractivity contribution in [3.8, 4) is 6.07 Å². The highest BCUT2D eigenvalue weighted by molar-refractivity contribution is 5.87. The average Bonchev–Trinajstić information content (AvgIpc) is 2.49. The molecule has 20 heavy (non-hydrogen) atoms. The van der Waals surface area contributed by atoms with Crippen molar-refractivity contribution >= 4 is 27.8 Å². The molecule has 0 unspecified atom stereocenters. The summed E-state index contributed by atoms with van der Waals surface area (Å²) in [5.41, 5.74) is 8.84. The summed E-state index contributed by atoms with van der Waals surface area (Å²) in [5, 5.41) is 14.6. The highest BCUT2D eigenvalue weighted by Gasteiger charge is 2.02. The summed E-state index contributed by atoms with van der Waals surface area (Å²) in [7, 11) is 0. The van der Waals surface area contributed by atoms with Crippen LogP contribution in [0.4, 0.5) is 17.1 Å². The van der Waals surface area contributed by atoms with Crippen LogP contribution in [0.1, 0.15) is 5.56 Å². The number of nitrogens with two attached hydrogens (primary N) is 1. The smallest absolute Gasteiger partial charge is 0.0992 e. The summed E-state index contributed by atoms with van der Waals surface area (Å²) in [6.45, 7) is 0. The predicted octanol–water partition coefficient (Wildman–Crippen LogP) is 4.04. The lowest BCUT2D eigenvalue weighted by molar-refractivity contribution is 1.47. The second-order valence-electron chi connectivity index (χ2n) is 4.60. The maximum Gasteiger partial charge on any atom is 0.0992 e. The molecular formula is C17H13N3. The molecule has 3 aromatic rings. The monoisotopic (exact) mass is 259 g/mol. The van der Waals surface area contributed by atoms with E-state index >= 15 is 0 Å². The van der Waals surface area contributed by atoms with Crippen LogP contribution in [0, 0.1) is 11.3 Å². The van der Waals surface area contributed by atoms with Gasteiger partial charge in [-0.05, 0) is 41.1 Å². The van der Waals surface area contributed by atoms with Crippen molar-refractivity contribution < 1.29 is 0 Å². The molecule has 0 atom stereocenters. The van der Waals surface area contributed by atoms with Crippen molar-refractivity contribution in [2.75, 3.05) is 11.1 Å². The molecule has 0 aliphatic carbocycles. The summed E-state index contributed by atoms with van der Waals surface area (Å²) < 4.78 is 0. The van der Waals surface area contributed by atoms with Gasteiger partial charge in [0.1, 0.15) is 0 Å². The Balaban J connectivity index is 1.99. The van der Waals surface area contributed by atoms with Gasteiger partial charge in [0.05, 0.1) is 23.0 Å². The second-order valence-corrected chi connectivity index (χ2v) is 4.60. The van der Waals surface area contributed by atoms with Crippen LogP contribution in [0.25, 0.3) is 10.8 Å². The van der Waals surface area contributed by atoms with Crippen LogP contribution in [0.15, 0.2) is 60.7 Å². The molecule has 0 fully saturated rings. The molecule has 96 valence electrons. The molecule has 0 amide bonds. The van der Waals surface area contributed by atoms with E-state index in [9.17, 15) is 0 Å². The third-order valence-electron chi connectivity index (χ3n) is 3.21. The number of fused-ring (bicyclic) bond motifs is 1. The van der Waals surface area contributed by atoms with Crippen molar-refractivity contribution in [1.82, 2.24) is 0 Å². The van der Waals surface area contributed by atoms with E-state index in [1.165, 1.54) is 5.39 Å². The van der Waals surface area contributed by atoms with E-state index < -0.39 is 0 Å². The van der Waals surface area contributed by atoms with Crippen LogP contribution >= 0.6 is 0 Å². The van der Waals surface area contributed by atoms with E-state index in [4.69, 9.17) is 11.0 Å². The van der Waals surface area contributed by atoms with Crippen LogP contribution in [0.3, 0.4) is 0 Å². The number of rotatable bonds is 2. The number of benzene rings is 3. The molecule has 0 spiro atoms. The van der Waals surface area contributed by atoms with E-state index in [2.05, 4.69) is 35.7 Å².